The van der Waals surface area contributed by atoms with E-state index in [1.807, 2.05) is 48.5 Å². The maximum Gasteiger partial charge on any atom is 0.251 e. The van der Waals surface area contributed by atoms with Crippen LogP contribution in [0, 0.1) is 6.92 Å². The van der Waals surface area contributed by atoms with Crippen LogP contribution < -0.4 is 10.1 Å². The number of hydrogen-bond donors (Lipinski definition) is 1. The summed E-state index contributed by atoms with van der Waals surface area (Å²) in [7, 11) is 0. The lowest BCUT2D eigenvalue weighted by molar-refractivity contribution is 0.0619. The van der Waals surface area contributed by atoms with E-state index < -0.39 is 0 Å². The Balaban J connectivity index is 1.41. The second kappa shape index (κ2) is 8.57. The van der Waals surface area contributed by atoms with Gasteiger partial charge in [-0.2, -0.15) is 0 Å². The van der Waals surface area contributed by atoms with E-state index in [-0.39, 0.29) is 17.6 Å². The number of amides is 1. The number of nitrogens with one attached hydrogen (secondary N) is 1. The molecule has 1 aliphatic heterocycles. The van der Waals surface area contributed by atoms with Crippen LogP contribution in [-0.4, -0.2) is 11.5 Å². The van der Waals surface area contributed by atoms with Crippen molar-refractivity contribution in [3.63, 3.8) is 0 Å². The molecule has 1 heterocycles. The monoisotopic (exact) mass is 417 g/mol. The smallest absolute Gasteiger partial charge is 0.251 e. The second-order valence-corrected chi connectivity index (χ2v) is 9.48. The highest BCUT2D eigenvalue weighted by atomic mass is 32.2. The zero-order chi connectivity index (χ0) is 21.1. The van der Waals surface area contributed by atoms with E-state index in [9.17, 15) is 4.79 Å². The predicted molar refractivity (Wildman–Crippen MR) is 123 cm³/mol. The maximum absolute atomic E-state index is 12.9. The highest BCUT2D eigenvalue weighted by Crippen LogP contribution is 2.39. The van der Waals surface area contributed by atoms with Crippen LogP contribution in [0.2, 0.25) is 0 Å². The van der Waals surface area contributed by atoms with Crippen LogP contribution in [0.25, 0.3) is 0 Å². The molecule has 0 radical (unpaired) electrons. The van der Waals surface area contributed by atoms with Crippen LogP contribution in [0.5, 0.6) is 5.75 Å². The first-order valence-corrected chi connectivity index (χ1v) is 11.3. The van der Waals surface area contributed by atoms with Crippen LogP contribution in [-0.2, 0) is 5.75 Å². The minimum Gasteiger partial charge on any atom is -0.487 e. The standard InChI is InChI=1S/C26H27NO2S/c1-18-8-14-21(15-9-18)30-17-19-10-12-20(13-11-19)25(28)27-23-16-26(2,3)29-24-7-5-4-6-22(23)24/h4-15,23H,16-17H2,1-3H3,(H,27,28)/t23-/m1/s1. The van der Waals surface area contributed by atoms with E-state index in [0.29, 0.717) is 5.56 Å². The summed E-state index contributed by atoms with van der Waals surface area (Å²) in [4.78, 5) is 14.2. The zero-order valence-corrected chi connectivity index (χ0v) is 18.5. The van der Waals surface area contributed by atoms with E-state index in [2.05, 4.69) is 50.4 Å². The van der Waals surface area contributed by atoms with Crippen molar-refractivity contribution in [3.05, 3.63) is 95.1 Å². The molecule has 0 spiro atoms. The number of aryl methyl sites for hydroxylation is 1. The normalized spacial score (nSPS) is 17.0. The Kier molecular flexibility index (Phi) is 5.87. The highest BCUT2D eigenvalue weighted by molar-refractivity contribution is 7.98. The second-order valence-electron chi connectivity index (χ2n) is 8.43. The summed E-state index contributed by atoms with van der Waals surface area (Å²) in [6.07, 6.45) is 0.737. The molecule has 0 saturated heterocycles. The number of ether oxygens (including phenoxy) is 1. The molecule has 1 atom stereocenters. The lowest BCUT2D eigenvalue weighted by atomic mass is 9.89. The van der Waals surface area contributed by atoms with E-state index in [1.54, 1.807) is 11.8 Å². The average molecular weight is 418 g/mol. The summed E-state index contributed by atoms with van der Waals surface area (Å²) >= 11 is 1.80. The van der Waals surface area contributed by atoms with Crippen molar-refractivity contribution in [1.29, 1.82) is 0 Å². The Morgan fingerprint density at radius 3 is 2.47 bits per heavy atom. The van der Waals surface area contributed by atoms with Crippen LogP contribution in [0.3, 0.4) is 0 Å². The highest BCUT2D eigenvalue weighted by Gasteiger charge is 2.34. The molecule has 1 aliphatic rings. The molecular formula is C26H27NO2S. The molecule has 0 unspecified atom stereocenters. The van der Waals surface area contributed by atoms with Crippen molar-refractivity contribution in [2.45, 2.75) is 49.5 Å². The number of carbonyl (C=O) groups is 1. The third-order valence-electron chi connectivity index (χ3n) is 5.32. The number of thioether (sulfide) groups is 1. The van der Waals surface area contributed by atoms with Crippen LogP contribution >= 0.6 is 11.8 Å². The Hall–Kier alpha value is -2.72. The Morgan fingerprint density at radius 1 is 1.03 bits per heavy atom. The number of hydrogen-bond acceptors (Lipinski definition) is 3. The Bertz CT molecular complexity index is 1030. The summed E-state index contributed by atoms with van der Waals surface area (Å²) in [6.45, 7) is 6.21. The van der Waals surface area contributed by atoms with Gasteiger partial charge in [0.25, 0.3) is 5.91 Å². The molecule has 30 heavy (non-hydrogen) atoms. The molecule has 3 aromatic carbocycles. The molecule has 0 saturated carbocycles. The lowest BCUT2D eigenvalue weighted by Gasteiger charge is -2.37. The quantitative estimate of drug-likeness (QED) is 0.494. The zero-order valence-electron chi connectivity index (χ0n) is 17.6. The SMILES string of the molecule is Cc1ccc(SCc2ccc(C(=O)N[C@@H]3CC(C)(C)Oc4ccccc43)cc2)cc1. The van der Waals surface area contributed by atoms with Gasteiger partial charge in [0.1, 0.15) is 11.4 Å². The first-order valence-electron chi connectivity index (χ1n) is 10.3. The third kappa shape index (κ3) is 4.88. The van der Waals surface area contributed by atoms with Crippen molar-refractivity contribution < 1.29 is 9.53 Å². The fraction of sp³-hybridized carbons (Fsp3) is 0.269. The molecular weight excluding hydrogens is 390 g/mol. The summed E-state index contributed by atoms with van der Waals surface area (Å²) in [5.41, 5.74) is 3.88. The molecule has 3 aromatic rings. The first kappa shape index (κ1) is 20.5. The molecule has 3 nitrogen and oxygen atoms in total. The topological polar surface area (TPSA) is 38.3 Å². The lowest BCUT2D eigenvalue weighted by Crippen LogP contribution is -2.41. The van der Waals surface area contributed by atoms with Gasteiger partial charge in [0, 0.05) is 28.2 Å². The van der Waals surface area contributed by atoms with Gasteiger partial charge in [-0.15, -0.1) is 11.8 Å². The van der Waals surface area contributed by atoms with Gasteiger partial charge in [0.2, 0.25) is 0 Å². The number of fused-ring (bicyclic) bond motifs is 1. The van der Waals surface area contributed by atoms with E-state index in [1.165, 1.54) is 16.0 Å². The van der Waals surface area contributed by atoms with E-state index >= 15 is 0 Å². The van der Waals surface area contributed by atoms with Gasteiger partial charge in [-0.1, -0.05) is 48.0 Å². The first-order chi connectivity index (χ1) is 14.4. The minimum atomic E-state index is -0.316. The Morgan fingerprint density at radius 2 is 1.73 bits per heavy atom. The van der Waals surface area contributed by atoms with E-state index in [4.69, 9.17) is 4.74 Å². The molecule has 1 N–H and O–H groups in total. The van der Waals surface area contributed by atoms with E-state index in [0.717, 1.165) is 23.5 Å². The molecule has 0 aromatic heterocycles. The number of para-hydroxylation sites is 1. The van der Waals surface area contributed by atoms with Crippen molar-refractivity contribution >= 4 is 17.7 Å². The fourth-order valence-electron chi connectivity index (χ4n) is 3.73. The van der Waals surface area contributed by atoms with Crippen molar-refractivity contribution in [2.75, 3.05) is 0 Å². The summed E-state index contributed by atoms with van der Waals surface area (Å²) in [5.74, 6) is 1.68. The fourth-order valence-corrected chi connectivity index (χ4v) is 4.58. The van der Waals surface area contributed by atoms with Gasteiger partial charge in [0.05, 0.1) is 6.04 Å². The molecule has 154 valence electrons. The maximum atomic E-state index is 12.9. The molecule has 1 amide bonds. The molecule has 4 heteroatoms. The molecule has 0 fully saturated rings. The molecule has 0 aliphatic carbocycles. The van der Waals surface area contributed by atoms with Gasteiger partial charge in [0.15, 0.2) is 0 Å². The van der Waals surface area contributed by atoms with Gasteiger partial charge < -0.3 is 10.1 Å². The van der Waals surface area contributed by atoms with Gasteiger partial charge >= 0.3 is 0 Å². The summed E-state index contributed by atoms with van der Waals surface area (Å²) in [6, 6.07) is 24.3. The molecule has 4 rings (SSSR count). The summed E-state index contributed by atoms with van der Waals surface area (Å²) < 4.78 is 6.07. The van der Waals surface area contributed by atoms with Gasteiger partial charge in [-0.3, -0.25) is 4.79 Å². The van der Waals surface area contributed by atoms with Crippen molar-refractivity contribution in [2.24, 2.45) is 0 Å². The van der Waals surface area contributed by atoms with Crippen molar-refractivity contribution in [3.8, 4) is 5.75 Å². The van der Waals surface area contributed by atoms with Crippen LogP contribution in [0.4, 0.5) is 0 Å². The minimum absolute atomic E-state index is 0.0507. The molecule has 0 bridgehead atoms. The van der Waals surface area contributed by atoms with Crippen LogP contribution in [0.15, 0.2) is 77.7 Å². The van der Waals surface area contributed by atoms with Crippen molar-refractivity contribution in [1.82, 2.24) is 5.32 Å². The number of benzene rings is 3. The largest absolute Gasteiger partial charge is 0.487 e. The number of rotatable bonds is 5. The average Bonchev–Trinajstić information content (AvgIpc) is 2.73. The van der Waals surface area contributed by atoms with Crippen LogP contribution in [0.1, 0.15) is 53.4 Å². The summed E-state index contributed by atoms with van der Waals surface area (Å²) in [5, 5.41) is 3.21. The number of carbonyl (C=O) groups excluding carboxylic acids is 1. The van der Waals surface area contributed by atoms with Gasteiger partial charge in [-0.05, 0) is 56.7 Å². The third-order valence-corrected chi connectivity index (χ3v) is 6.41. The van der Waals surface area contributed by atoms with Gasteiger partial charge in [-0.25, -0.2) is 0 Å². The predicted octanol–water partition coefficient (Wildman–Crippen LogP) is 6.32. The Labute approximate surface area is 182 Å².